The molecular weight excluding hydrogens is 274 g/mol. The van der Waals surface area contributed by atoms with E-state index in [4.69, 9.17) is 21.3 Å². The molecule has 0 saturated carbocycles. The molecule has 1 heterocycles. The van der Waals surface area contributed by atoms with Gasteiger partial charge < -0.3 is 14.2 Å². The van der Waals surface area contributed by atoms with Crippen molar-refractivity contribution in [2.45, 2.75) is 25.9 Å². The van der Waals surface area contributed by atoms with E-state index in [9.17, 15) is 0 Å². The van der Waals surface area contributed by atoms with Crippen molar-refractivity contribution < 1.29 is 4.74 Å². The molecule has 20 heavy (non-hydrogen) atoms. The van der Waals surface area contributed by atoms with Gasteiger partial charge in [0.2, 0.25) is 0 Å². The van der Waals surface area contributed by atoms with Crippen LogP contribution < -0.4 is 4.74 Å². The van der Waals surface area contributed by atoms with Crippen molar-refractivity contribution in [3.8, 4) is 5.75 Å². The highest BCUT2D eigenvalue weighted by atomic mass is 35.5. The first-order valence-electron chi connectivity index (χ1n) is 6.82. The van der Waals surface area contributed by atoms with Crippen LogP contribution in [0.5, 0.6) is 5.75 Å². The van der Waals surface area contributed by atoms with E-state index in [-0.39, 0.29) is 0 Å². The van der Waals surface area contributed by atoms with Gasteiger partial charge in [-0.2, -0.15) is 0 Å². The summed E-state index contributed by atoms with van der Waals surface area (Å²) in [6.07, 6.45) is 0.776. The van der Waals surface area contributed by atoms with Gasteiger partial charge in [-0.1, -0.05) is 0 Å². The highest BCUT2D eigenvalue weighted by Crippen LogP contribution is 2.23. The number of hydrogen-bond acceptors (Lipinski definition) is 3. The number of nitrogens with zero attached hydrogens (tertiary/aromatic N) is 3. The number of likely N-dealkylation sites (N-methyl/N-ethyl adjacent to an activating group) is 1. The number of aryl methyl sites for hydroxylation is 1. The van der Waals surface area contributed by atoms with Gasteiger partial charge in [0, 0.05) is 31.0 Å². The molecule has 1 aromatic carbocycles. The minimum atomic E-state index is 0.434. The summed E-state index contributed by atoms with van der Waals surface area (Å²) in [7, 11) is 5.86. The molecule has 0 spiro atoms. The van der Waals surface area contributed by atoms with E-state index in [1.165, 1.54) is 0 Å². The number of imidazole rings is 1. The molecule has 0 bridgehead atoms. The first-order valence-corrected chi connectivity index (χ1v) is 7.35. The van der Waals surface area contributed by atoms with Gasteiger partial charge >= 0.3 is 0 Å². The first kappa shape index (κ1) is 15.1. The summed E-state index contributed by atoms with van der Waals surface area (Å²) < 4.78 is 7.53. The molecule has 0 fully saturated rings. The Balaban J connectivity index is 2.45. The Labute approximate surface area is 125 Å². The average molecular weight is 296 g/mol. The zero-order valence-corrected chi connectivity index (χ0v) is 13.3. The van der Waals surface area contributed by atoms with Crippen molar-refractivity contribution >= 4 is 22.6 Å². The quantitative estimate of drug-likeness (QED) is 0.768. The van der Waals surface area contributed by atoms with Gasteiger partial charge in [0.25, 0.3) is 0 Å². The molecule has 1 unspecified atom stereocenters. The lowest BCUT2D eigenvalue weighted by atomic mass is 10.2. The van der Waals surface area contributed by atoms with Crippen LogP contribution in [0.15, 0.2) is 18.2 Å². The van der Waals surface area contributed by atoms with E-state index >= 15 is 0 Å². The van der Waals surface area contributed by atoms with Gasteiger partial charge in [-0.25, -0.2) is 4.98 Å². The SMILES string of the molecule is COc1ccc2c(c1)nc(CCCl)n2CC(C)N(C)C. The molecular formula is C15H22ClN3O. The summed E-state index contributed by atoms with van der Waals surface area (Å²) in [5.41, 5.74) is 2.11. The second-order valence-electron chi connectivity index (χ2n) is 5.24. The maximum Gasteiger partial charge on any atom is 0.121 e. The Morgan fingerprint density at radius 1 is 1.40 bits per heavy atom. The molecule has 0 radical (unpaired) electrons. The fourth-order valence-electron chi connectivity index (χ4n) is 2.19. The number of fused-ring (bicyclic) bond motifs is 1. The Kier molecular flexibility index (Phi) is 4.89. The molecule has 0 aliphatic heterocycles. The fraction of sp³-hybridized carbons (Fsp3) is 0.533. The van der Waals surface area contributed by atoms with Crippen molar-refractivity contribution in [3.05, 3.63) is 24.0 Å². The number of aromatic nitrogens is 2. The van der Waals surface area contributed by atoms with Crippen LogP contribution in [0, 0.1) is 0 Å². The minimum absolute atomic E-state index is 0.434. The molecule has 0 N–H and O–H groups in total. The standard InChI is InChI=1S/C15H22ClN3O/c1-11(18(2)3)10-19-14-6-5-12(20-4)9-13(14)17-15(19)7-8-16/h5-6,9,11H,7-8,10H2,1-4H3. The number of methoxy groups -OCH3 is 1. The predicted octanol–water partition coefficient (Wildman–Crippen LogP) is 2.78. The molecule has 0 aliphatic carbocycles. The van der Waals surface area contributed by atoms with Gasteiger partial charge in [0.1, 0.15) is 11.6 Å². The third kappa shape index (κ3) is 3.07. The summed E-state index contributed by atoms with van der Waals surface area (Å²) in [6, 6.07) is 6.46. The number of rotatable bonds is 6. The molecule has 2 aromatic rings. The summed E-state index contributed by atoms with van der Waals surface area (Å²) in [6.45, 7) is 3.11. The van der Waals surface area contributed by atoms with Crippen LogP contribution in [-0.2, 0) is 13.0 Å². The summed E-state index contributed by atoms with van der Waals surface area (Å²) in [5, 5.41) is 0. The lowest BCUT2D eigenvalue weighted by molar-refractivity contribution is 0.284. The van der Waals surface area contributed by atoms with Crippen LogP contribution in [0.1, 0.15) is 12.7 Å². The van der Waals surface area contributed by atoms with Crippen LogP contribution >= 0.6 is 11.6 Å². The van der Waals surface area contributed by atoms with E-state index in [1.807, 2.05) is 12.1 Å². The number of hydrogen-bond donors (Lipinski definition) is 0. The number of alkyl halides is 1. The van der Waals surface area contributed by atoms with Gasteiger partial charge in [-0.3, -0.25) is 0 Å². The van der Waals surface area contributed by atoms with Crippen molar-refractivity contribution in [1.82, 2.24) is 14.5 Å². The number of ether oxygens (including phenoxy) is 1. The van der Waals surface area contributed by atoms with Crippen LogP contribution in [-0.4, -0.2) is 47.6 Å². The third-order valence-electron chi connectivity index (χ3n) is 3.68. The lowest BCUT2D eigenvalue weighted by Gasteiger charge is -2.21. The largest absolute Gasteiger partial charge is 0.497 e. The molecule has 5 heteroatoms. The highest BCUT2D eigenvalue weighted by molar-refractivity contribution is 6.17. The maximum atomic E-state index is 5.90. The van der Waals surface area contributed by atoms with Crippen LogP contribution in [0.3, 0.4) is 0 Å². The highest BCUT2D eigenvalue weighted by Gasteiger charge is 2.14. The average Bonchev–Trinajstić information content (AvgIpc) is 2.76. The molecule has 0 aliphatic rings. The summed E-state index contributed by atoms with van der Waals surface area (Å²) in [4.78, 5) is 6.91. The van der Waals surface area contributed by atoms with Crippen molar-refractivity contribution in [1.29, 1.82) is 0 Å². The predicted molar refractivity (Wildman–Crippen MR) is 83.9 cm³/mol. The molecule has 0 saturated heterocycles. The van der Waals surface area contributed by atoms with E-state index < -0.39 is 0 Å². The lowest BCUT2D eigenvalue weighted by Crippen LogP contribution is -2.29. The van der Waals surface area contributed by atoms with E-state index in [1.54, 1.807) is 7.11 Å². The Hall–Kier alpha value is -1.26. The van der Waals surface area contributed by atoms with Gasteiger partial charge in [0.15, 0.2) is 0 Å². The van der Waals surface area contributed by atoms with Gasteiger partial charge in [0.05, 0.1) is 18.1 Å². The number of benzene rings is 1. The molecule has 0 amide bonds. The molecule has 1 aromatic heterocycles. The first-order chi connectivity index (χ1) is 9.56. The van der Waals surface area contributed by atoms with Crippen LogP contribution in [0.4, 0.5) is 0 Å². The zero-order valence-electron chi connectivity index (χ0n) is 12.6. The van der Waals surface area contributed by atoms with E-state index in [0.717, 1.165) is 35.6 Å². The second kappa shape index (κ2) is 6.46. The zero-order chi connectivity index (χ0) is 14.7. The Bertz CT molecular complexity index is 580. The van der Waals surface area contributed by atoms with E-state index in [2.05, 4.69) is 36.6 Å². The molecule has 2 rings (SSSR count). The molecule has 110 valence electrons. The maximum absolute atomic E-state index is 5.90. The number of halogens is 1. The minimum Gasteiger partial charge on any atom is -0.497 e. The Morgan fingerprint density at radius 3 is 2.75 bits per heavy atom. The van der Waals surface area contributed by atoms with Crippen molar-refractivity contribution in [2.24, 2.45) is 0 Å². The fourth-order valence-corrected chi connectivity index (χ4v) is 2.36. The van der Waals surface area contributed by atoms with Crippen molar-refractivity contribution in [2.75, 3.05) is 27.1 Å². The molecule has 1 atom stereocenters. The van der Waals surface area contributed by atoms with Gasteiger partial charge in [-0.15, -0.1) is 11.6 Å². The normalized spacial score (nSPS) is 13.1. The van der Waals surface area contributed by atoms with E-state index in [0.29, 0.717) is 11.9 Å². The monoisotopic (exact) mass is 295 g/mol. The Morgan fingerprint density at radius 2 is 2.15 bits per heavy atom. The molecule has 4 nitrogen and oxygen atoms in total. The summed E-state index contributed by atoms with van der Waals surface area (Å²) in [5.74, 6) is 2.45. The smallest absolute Gasteiger partial charge is 0.121 e. The second-order valence-corrected chi connectivity index (χ2v) is 5.62. The van der Waals surface area contributed by atoms with Gasteiger partial charge in [-0.05, 0) is 33.2 Å². The summed E-state index contributed by atoms with van der Waals surface area (Å²) >= 11 is 5.90. The third-order valence-corrected chi connectivity index (χ3v) is 3.87. The van der Waals surface area contributed by atoms with Crippen molar-refractivity contribution in [3.63, 3.8) is 0 Å². The van der Waals surface area contributed by atoms with Crippen LogP contribution in [0.25, 0.3) is 11.0 Å². The topological polar surface area (TPSA) is 30.3 Å². The van der Waals surface area contributed by atoms with Crippen LogP contribution in [0.2, 0.25) is 0 Å².